The van der Waals surface area contributed by atoms with Crippen LogP contribution >= 0.6 is 11.6 Å². The van der Waals surface area contributed by atoms with Gasteiger partial charge in [0.15, 0.2) is 0 Å². The first-order valence-corrected chi connectivity index (χ1v) is 7.22. The molecule has 1 heterocycles. The topological polar surface area (TPSA) is 66.7 Å². The van der Waals surface area contributed by atoms with Crippen LogP contribution in [-0.4, -0.2) is 47.5 Å². The molecule has 1 aromatic carbocycles. The Morgan fingerprint density at radius 1 is 1.25 bits per heavy atom. The molecule has 1 atom stereocenters. The molecule has 2 rings (SSSR count). The summed E-state index contributed by atoms with van der Waals surface area (Å²) in [5, 5.41) is 11.1. The molecule has 1 aromatic rings. The Morgan fingerprint density at radius 2 is 1.83 bits per heavy atom. The smallest absolute Gasteiger partial charge is 0.362 e. The van der Waals surface area contributed by atoms with Crippen LogP contribution in [0.1, 0.15) is 5.56 Å². The van der Waals surface area contributed by atoms with E-state index in [4.69, 9.17) is 11.6 Å². The lowest BCUT2D eigenvalue weighted by Gasteiger charge is -2.35. The number of hydrogen-bond donors (Lipinski definition) is 0. The van der Waals surface area contributed by atoms with Gasteiger partial charge in [0.25, 0.3) is 17.2 Å². The van der Waals surface area contributed by atoms with E-state index in [9.17, 15) is 32.5 Å². The molecule has 1 amide bonds. The summed E-state index contributed by atoms with van der Waals surface area (Å²) in [6.07, 6.45) is -4.69. The first kappa shape index (κ1) is 18.2. The van der Waals surface area contributed by atoms with Crippen LogP contribution in [-0.2, 0) is 11.0 Å². The number of hydrogen-bond acceptors (Lipinski definition) is 4. The van der Waals surface area contributed by atoms with E-state index < -0.39 is 33.9 Å². The van der Waals surface area contributed by atoms with Gasteiger partial charge in [-0.2, -0.15) is 13.2 Å². The summed E-state index contributed by atoms with van der Waals surface area (Å²) in [5.74, 6) is -0.904. The largest absolute Gasteiger partial charge is 0.416 e. The van der Waals surface area contributed by atoms with E-state index in [0.717, 1.165) is 17.0 Å². The maximum Gasteiger partial charge on any atom is 0.416 e. The number of carbonyl (C=O) groups is 1. The summed E-state index contributed by atoms with van der Waals surface area (Å²) in [6, 6.07) is 2.26. The van der Waals surface area contributed by atoms with Crippen molar-refractivity contribution >= 4 is 28.9 Å². The summed E-state index contributed by atoms with van der Waals surface area (Å²) in [5.41, 5.74) is -3.95. The number of nitrogens with zero attached hydrogens (tertiary/aromatic N) is 3. The molecule has 0 radical (unpaired) electrons. The van der Waals surface area contributed by atoms with Gasteiger partial charge in [0, 0.05) is 32.2 Å². The van der Waals surface area contributed by atoms with Crippen LogP contribution in [0, 0.1) is 10.1 Å². The molecule has 6 nitrogen and oxygen atoms in total. The Morgan fingerprint density at radius 3 is 2.29 bits per heavy atom. The summed E-state index contributed by atoms with van der Waals surface area (Å²) in [6.45, 7) is 0.345. The fraction of sp³-hybridized carbons (Fsp3) is 0.462. The predicted octanol–water partition coefficient (Wildman–Crippen LogP) is 2.80. The summed E-state index contributed by atoms with van der Waals surface area (Å²) < 4.78 is 50.9. The number of halogens is 5. The Labute approximate surface area is 138 Å². The standard InChI is InChI=1S/C13H12ClF4N3O3/c14-11(15)12(22)20-5-3-19(4-6-20)9-2-1-8(13(16,17)18)7-10(9)21(23)24/h1-2,7,11H,3-6H2. The molecule has 1 aliphatic heterocycles. The number of carbonyl (C=O) groups excluding carboxylic acids is 1. The minimum absolute atomic E-state index is 0.0165. The lowest BCUT2D eigenvalue weighted by molar-refractivity contribution is -0.384. The molecule has 1 saturated heterocycles. The molecule has 0 aliphatic carbocycles. The van der Waals surface area contributed by atoms with Crippen LogP contribution in [0.4, 0.5) is 28.9 Å². The van der Waals surface area contributed by atoms with Gasteiger partial charge in [-0.1, -0.05) is 11.6 Å². The molecule has 11 heteroatoms. The van der Waals surface area contributed by atoms with E-state index in [-0.39, 0.29) is 31.9 Å². The van der Waals surface area contributed by atoms with Crippen LogP contribution < -0.4 is 4.90 Å². The molecular formula is C13H12ClF4N3O3. The van der Waals surface area contributed by atoms with Gasteiger partial charge in [0.1, 0.15) is 5.69 Å². The van der Waals surface area contributed by atoms with Crippen LogP contribution in [0.5, 0.6) is 0 Å². The average Bonchev–Trinajstić information content (AvgIpc) is 2.52. The van der Waals surface area contributed by atoms with Gasteiger partial charge in [-0.05, 0) is 12.1 Å². The van der Waals surface area contributed by atoms with E-state index in [1.54, 1.807) is 0 Å². The Hall–Kier alpha value is -2.10. The number of piperazine rings is 1. The van der Waals surface area contributed by atoms with Crippen LogP contribution in [0.3, 0.4) is 0 Å². The van der Waals surface area contributed by atoms with E-state index in [0.29, 0.717) is 6.07 Å². The first-order valence-electron chi connectivity index (χ1n) is 6.79. The molecule has 24 heavy (non-hydrogen) atoms. The Bertz CT molecular complexity index is 646. The van der Waals surface area contributed by atoms with E-state index >= 15 is 0 Å². The minimum Gasteiger partial charge on any atom is -0.362 e. The molecule has 0 aromatic heterocycles. The second-order valence-electron chi connectivity index (χ2n) is 5.07. The maximum atomic E-state index is 12.8. The van der Waals surface area contributed by atoms with Gasteiger partial charge < -0.3 is 9.80 Å². The molecule has 1 aliphatic rings. The first-order chi connectivity index (χ1) is 11.1. The van der Waals surface area contributed by atoms with Gasteiger partial charge in [-0.25, -0.2) is 4.39 Å². The SMILES string of the molecule is O=C(C(F)Cl)N1CCN(c2ccc(C(F)(F)F)cc2[N+](=O)[O-])CC1. The van der Waals surface area contributed by atoms with E-state index in [1.807, 2.05) is 0 Å². The number of benzene rings is 1. The molecular weight excluding hydrogens is 358 g/mol. The van der Waals surface area contributed by atoms with Crippen molar-refractivity contribution in [1.29, 1.82) is 0 Å². The highest BCUT2D eigenvalue weighted by Gasteiger charge is 2.34. The molecule has 0 N–H and O–H groups in total. The minimum atomic E-state index is -4.69. The zero-order chi connectivity index (χ0) is 18.1. The van der Waals surface area contributed by atoms with Crippen molar-refractivity contribution in [3.63, 3.8) is 0 Å². The quantitative estimate of drug-likeness (QED) is 0.356. The van der Waals surface area contributed by atoms with Crippen molar-refractivity contribution in [2.24, 2.45) is 0 Å². The second-order valence-corrected chi connectivity index (χ2v) is 5.45. The van der Waals surface area contributed by atoms with Crippen molar-refractivity contribution in [1.82, 2.24) is 4.90 Å². The maximum absolute atomic E-state index is 12.8. The van der Waals surface area contributed by atoms with Crippen molar-refractivity contribution in [3.05, 3.63) is 33.9 Å². The number of rotatable bonds is 3. The zero-order valence-corrected chi connectivity index (χ0v) is 12.8. The predicted molar refractivity (Wildman–Crippen MR) is 77.6 cm³/mol. The van der Waals surface area contributed by atoms with Crippen molar-refractivity contribution in [2.75, 3.05) is 31.1 Å². The molecule has 132 valence electrons. The van der Waals surface area contributed by atoms with Gasteiger partial charge in [-0.3, -0.25) is 14.9 Å². The van der Waals surface area contributed by atoms with Gasteiger partial charge in [-0.15, -0.1) is 0 Å². The highest BCUT2D eigenvalue weighted by molar-refractivity contribution is 6.29. The molecule has 0 spiro atoms. The monoisotopic (exact) mass is 369 g/mol. The fourth-order valence-corrected chi connectivity index (χ4v) is 2.56. The number of anilines is 1. The number of nitro groups is 1. The second kappa shape index (κ2) is 6.80. The normalized spacial score (nSPS) is 16.9. The third kappa shape index (κ3) is 3.86. The van der Waals surface area contributed by atoms with Gasteiger partial charge >= 0.3 is 6.18 Å². The third-order valence-electron chi connectivity index (χ3n) is 3.62. The molecule has 0 saturated carbocycles. The van der Waals surface area contributed by atoms with E-state index in [2.05, 4.69) is 0 Å². The summed E-state index contributed by atoms with van der Waals surface area (Å²) in [7, 11) is 0. The van der Waals surface area contributed by atoms with Gasteiger partial charge in [0.2, 0.25) is 0 Å². The number of amides is 1. The number of alkyl halides is 5. The van der Waals surface area contributed by atoms with Crippen LogP contribution in [0.25, 0.3) is 0 Å². The molecule has 1 fully saturated rings. The highest BCUT2D eigenvalue weighted by atomic mass is 35.5. The lowest BCUT2D eigenvalue weighted by atomic mass is 10.1. The zero-order valence-electron chi connectivity index (χ0n) is 12.1. The Kier molecular flexibility index (Phi) is 5.16. The third-order valence-corrected chi connectivity index (χ3v) is 3.80. The Balaban J connectivity index is 2.21. The van der Waals surface area contributed by atoms with E-state index in [1.165, 1.54) is 4.90 Å². The summed E-state index contributed by atoms with van der Waals surface area (Å²) >= 11 is 5.07. The number of nitro benzene ring substituents is 1. The molecule has 1 unspecified atom stereocenters. The van der Waals surface area contributed by atoms with Crippen LogP contribution in [0.15, 0.2) is 18.2 Å². The molecule has 0 bridgehead atoms. The fourth-order valence-electron chi connectivity index (χ4n) is 2.42. The summed E-state index contributed by atoms with van der Waals surface area (Å²) in [4.78, 5) is 24.3. The van der Waals surface area contributed by atoms with Crippen LogP contribution in [0.2, 0.25) is 0 Å². The average molecular weight is 370 g/mol. The van der Waals surface area contributed by atoms with Crippen molar-refractivity contribution < 1.29 is 27.3 Å². The van der Waals surface area contributed by atoms with Gasteiger partial charge in [0.05, 0.1) is 10.5 Å². The highest BCUT2D eigenvalue weighted by Crippen LogP contribution is 2.36. The van der Waals surface area contributed by atoms with Crippen molar-refractivity contribution in [2.45, 2.75) is 11.8 Å². The van der Waals surface area contributed by atoms with Crippen molar-refractivity contribution in [3.8, 4) is 0 Å². The lowest BCUT2D eigenvalue weighted by Crippen LogP contribution is -2.50.